The Bertz CT molecular complexity index is 189. The van der Waals surface area contributed by atoms with E-state index in [0.717, 1.165) is 51.4 Å². The van der Waals surface area contributed by atoms with Gasteiger partial charge in [-0.05, 0) is 51.4 Å². The summed E-state index contributed by atoms with van der Waals surface area (Å²) in [6, 6.07) is 0. The highest BCUT2D eigenvalue weighted by molar-refractivity contribution is 4.61. The summed E-state index contributed by atoms with van der Waals surface area (Å²) in [6.07, 6.45) is 6.07. The Morgan fingerprint density at radius 2 is 0.950 bits per heavy atom. The molecule has 0 aliphatic heterocycles. The van der Waals surface area contributed by atoms with Crippen molar-refractivity contribution < 1.29 is 20.0 Å². The third kappa shape index (κ3) is 9.70. The third-order valence-electron chi connectivity index (χ3n) is 3.82. The fourth-order valence-electron chi connectivity index (χ4n) is 1.96. The van der Waals surface area contributed by atoms with Crippen LogP contribution in [0.2, 0.25) is 0 Å². The lowest BCUT2D eigenvalue weighted by Crippen LogP contribution is -2.21. The van der Waals surface area contributed by atoms with Crippen molar-refractivity contribution in [3.05, 3.63) is 0 Å². The van der Waals surface area contributed by atoms with Gasteiger partial charge in [0.25, 0.3) is 0 Å². The SMILES string of the molecule is CCC(O)CCC(CC)OOC(CC)CCC(O)CC. The molecule has 4 atom stereocenters. The van der Waals surface area contributed by atoms with Crippen molar-refractivity contribution in [2.45, 2.75) is 103 Å². The van der Waals surface area contributed by atoms with Crippen LogP contribution in [0, 0.1) is 0 Å². The number of aliphatic hydroxyl groups is 2. The van der Waals surface area contributed by atoms with Gasteiger partial charge < -0.3 is 10.2 Å². The lowest BCUT2D eigenvalue weighted by molar-refractivity contribution is -0.354. The molecule has 0 spiro atoms. The molecule has 0 rings (SSSR count). The van der Waals surface area contributed by atoms with Gasteiger partial charge in [0.15, 0.2) is 0 Å². The maximum Gasteiger partial charge on any atom is 0.0928 e. The van der Waals surface area contributed by atoms with Crippen molar-refractivity contribution in [1.82, 2.24) is 0 Å². The molecule has 0 radical (unpaired) electrons. The van der Waals surface area contributed by atoms with Crippen molar-refractivity contribution in [1.29, 1.82) is 0 Å². The predicted molar refractivity (Wildman–Crippen MR) is 81.4 cm³/mol. The zero-order chi connectivity index (χ0) is 15.4. The molecule has 20 heavy (non-hydrogen) atoms. The Balaban J connectivity index is 3.92. The molecular formula is C16H34O4. The molecule has 0 saturated carbocycles. The number of hydrogen-bond donors (Lipinski definition) is 2. The van der Waals surface area contributed by atoms with Gasteiger partial charge in [-0.25, -0.2) is 9.78 Å². The summed E-state index contributed by atoms with van der Waals surface area (Å²) in [5.41, 5.74) is 0. The number of rotatable bonds is 13. The molecule has 4 nitrogen and oxygen atoms in total. The Morgan fingerprint density at radius 3 is 1.20 bits per heavy atom. The quantitative estimate of drug-likeness (QED) is 0.402. The van der Waals surface area contributed by atoms with Crippen LogP contribution in [0.3, 0.4) is 0 Å². The molecular weight excluding hydrogens is 256 g/mol. The highest BCUT2D eigenvalue weighted by Gasteiger charge is 2.15. The van der Waals surface area contributed by atoms with Crippen LogP contribution < -0.4 is 0 Å². The summed E-state index contributed by atoms with van der Waals surface area (Å²) in [5.74, 6) is 0. The van der Waals surface area contributed by atoms with Crippen LogP contribution in [-0.2, 0) is 9.78 Å². The van der Waals surface area contributed by atoms with E-state index < -0.39 is 0 Å². The van der Waals surface area contributed by atoms with Crippen LogP contribution in [0.25, 0.3) is 0 Å². The van der Waals surface area contributed by atoms with Crippen LogP contribution in [0.1, 0.15) is 79.1 Å². The van der Waals surface area contributed by atoms with Crippen LogP contribution in [0.15, 0.2) is 0 Å². The van der Waals surface area contributed by atoms with E-state index in [1.165, 1.54) is 0 Å². The molecule has 4 unspecified atom stereocenters. The first-order valence-corrected chi connectivity index (χ1v) is 8.25. The zero-order valence-corrected chi connectivity index (χ0v) is 13.7. The van der Waals surface area contributed by atoms with Gasteiger partial charge in [-0.2, -0.15) is 0 Å². The molecule has 0 fully saturated rings. The Labute approximate surface area is 124 Å². The summed E-state index contributed by atoms with van der Waals surface area (Å²) in [5, 5.41) is 19.1. The molecule has 0 amide bonds. The summed E-state index contributed by atoms with van der Waals surface area (Å²) in [7, 11) is 0. The molecule has 0 aromatic heterocycles. The maximum absolute atomic E-state index is 9.57. The highest BCUT2D eigenvalue weighted by atomic mass is 17.2. The fourth-order valence-corrected chi connectivity index (χ4v) is 1.96. The fraction of sp³-hybridized carbons (Fsp3) is 1.00. The summed E-state index contributed by atoms with van der Waals surface area (Å²) < 4.78 is 0. The summed E-state index contributed by atoms with van der Waals surface area (Å²) >= 11 is 0. The first-order valence-electron chi connectivity index (χ1n) is 8.25. The maximum atomic E-state index is 9.57. The van der Waals surface area contributed by atoms with Crippen LogP contribution in [-0.4, -0.2) is 34.6 Å². The van der Waals surface area contributed by atoms with E-state index in [4.69, 9.17) is 9.78 Å². The average Bonchev–Trinajstić information content (AvgIpc) is 2.49. The minimum atomic E-state index is -0.241. The Hall–Kier alpha value is -0.160. The molecule has 2 N–H and O–H groups in total. The Kier molecular flexibility index (Phi) is 12.5. The van der Waals surface area contributed by atoms with Crippen molar-refractivity contribution in [3.8, 4) is 0 Å². The van der Waals surface area contributed by atoms with Gasteiger partial charge in [-0.3, -0.25) is 0 Å². The van der Waals surface area contributed by atoms with Gasteiger partial charge in [0.05, 0.1) is 24.4 Å². The van der Waals surface area contributed by atoms with Crippen molar-refractivity contribution in [2.75, 3.05) is 0 Å². The van der Waals surface area contributed by atoms with E-state index in [1.54, 1.807) is 0 Å². The number of hydrogen-bond acceptors (Lipinski definition) is 4. The standard InChI is InChI=1S/C16H34O4/c1-5-13(17)9-11-15(7-3)19-20-16(8-4)12-10-14(18)6-2/h13-18H,5-12H2,1-4H3. The molecule has 122 valence electrons. The molecule has 0 aromatic rings. The molecule has 0 aliphatic rings. The van der Waals surface area contributed by atoms with Crippen LogP contribution in [0.4, 0.5) is 0 Å². The molecule has 0 heterocycles. The van der Waals surface area contributed by atoms with E-state index in [-0.39, 0.29) is 24.4 Å². The second kappa shape index (κ2) is 12.6. The normalized spacial score (nSPS) is 17.7. The topological polar surface area (TPSA) is 58.9 Å². The van der Waals surface area contributed by atoms with Gasteiger partial charge in [0.2, 0.25) is 0 Å². The van der Waals surface area contributed by atoms with Crippen LogP contribution >= 0.6 is 0 Å². The van der Waals surface area contributed by atoms with Crippen molar-refractivity contribution in [2.24, 2.45) is 0 Å². The van der Waals surface area contributed by atoms with E-state index >= 15 is 0 Å². The minimum Gasteiger partial charge on any atom is -0.393 e. The average molecular weight is 290 g/mol. The molecule has 0 saturated heterocycles. The van der Waals surface area contributed by atoms with Gasteiger partial charge in [-0.1, -0.05) is 27.7 Å². The van der Waals surface area contributed by atoms with Gasteiger partial charge in [-0.15, -0.1) is 0 Å². The molecule has 0 bridgehead atoms. The van der Waals surface area contributed by atoms with E-state index in [0.29, 0.717) is 0 Å². The largest absolute Gasteiger partial charge is 0.393 e. The second-order valence-electron chi connectivity index (χ2n) is 5.53. The van der Waals surface area contributed by atoms with Crippen LogP contribution in [0.5, 0.6) is 0 Å². The Morgan fingerprint density at radius 1 is 0.600 bits per heavy atom. The summed E-state index contributed by atoms with van der Waals surface area (Å²) in [6.45, 7) is 8.09. The van der Waals surface area contributed by atoms with Crippen molar-refractivity contribution in [3.63, 3.8) is 0 Å². The van der Waals surface area contributed by atoms with Gasteiger partial charge in [0, 0.05) is 0 Å². The van der Waals surface area contributed by atoms with E-state index in [9.17, 15) is 10.2 Å². The van der Waals surface area contributed by atoms with E-state index in [1.807, 2.05) is 13.8 Å². The smallest absolute Gasteiger partial charge is 0.0928 e. The lowest BCUT2D eigenvalue weighted by atomic mass is 10.1. The second-order valence-corrected chi connectivity index (χ2v) is 5.53. The zero-order valence-electron chi connectivity index (χ0n) is 13.7. The van der Waals surface area contributed by atoms with Crippen molar-refractivity contribution >= 4 is 0 Å². The minimum absolute atomic E-state index is 0.0429. The molecule has 0 aromatic carbocycles. The summed E-state index contributed by atoms with van der Waals surface area (Å²) in [4.78, 5) is 11.0. The monoisotopic (exact) mass is 290 g/mol. The highest BCUT2D eigenvalue weighted by Crippen LogP contribution is 2.16. The van der Waals surface area contributed by atoms with Gasteiger partial charge >= 0.3 is 0 Å². The first-order chi connectivity index (χ1) is 9.57. The predicted octanol–water partition coefficient (Wildman–Crippen LogP) is 3.59. The molecule has 0 aliphatic carbocycles. The third-order valence-corrected chi connectivity index (χ3v) is 3.82. The molecule has 4 heteroatoms. The number of aliphatic hydroxyl groups excluding tert-OH is 2. The van der Waals surface area contributed by atoms with Gasteiger partial charge in [0.1, 0.15) is 0 Å². The first kappa shape index (κ1) is 19.8. The lowest BCUT2D eigenvalue weighted by Gasteiger charge is -2.21. The van der Waals surface area contributed by atoms with E-state index in [2.05, 4.69) is 13.8 Å².